The van der Waals surface area contributed by atoms with Crippen molar-refractivity contribution in [3.63, 3.8) is 0 Å². The van der Waals surface area contributed by atoms with Gasteiger partial charge >= 0.3 is 0 Å². The zero-order valence-electron chi connectivity index (χ0n) is 11.6. The fraction of sp³-hybridized carbons (Fsp3) is 0.333. The highest BCUT2D eigenvalue weighted by Gasteiger charge is 2.36. The van der Waals surface area contributed by atoms with Gasteiger partial charge in [-0.05, 0) is 47.1 Å². The van der Waals surface area contributed by atoms with Crippen LogP contribution in [0, 0.1) is 26.6 Å². The molecule has 6 heteroatoms. The van der Waals surface area contributed by atoms with Crippen molar-refractivity contribution in [3.05, 3.63) is 33.3 Å². The number of nitrogens with zero attached hydrogens (tertiary/aromatic N) is 3. The molecular formula is C15H13FIN3O. The quantitative estimate of drug-likeness (QED) is 0.746. The second-order valence-electron chi connectivity index (χ2n) is 5.24. The third-order valence-corrected chi connectivity index (χ3v) is 4.46. The molecule has 0 spiro atoms. The molecule has 1 aliphatic carbocycles. The van der Waals surface area contributed by atoms with E-state index in [1.54, 1.807) is 17.9 Å². The molecule has 0 radical (unpaired) electrons. The van der Waals surface area contributed by atoms with Crippen LogP contribution in [0.4, 0.5) is 4.39 Å². The van der Waals surface area contributed by atoms with E-state index in [1.165, 1.54) is 12.1 Å². The molecule has 108 valence electrons. The van der Waals surface area contributed by atoms with Gasteiger partial charge in [-0.3, -0.25) is 4.68 Å². The van der Waals surface area contributed by atoms with E-state index >= 15 is 0 Å². The Hall–Kier alpha value is -1.62. The van der Waals surface area contributed by atoms with Crippen molar-refractivity contribution in [1.82, 2.24) is 9.78 Å². The van der Waals surface area contributed by atoms with Gasteiger partial charge in [-0.25, -0.2) is 4.39 Å². The molecule has 3 rings (SSSR count). The van der Waals surface area contributed by atoms with Crippen LogP contribution in [0.3, 0.4) is 0 Å². The van der Waals surface area contributed by atoms with Crippen LogP contribution in [0.5, 0.6) is 5.75 Å². The third kappa shape index (κ3) is 2.50. The Balaban J connectivity index is 2.15. The molecule has 1 saturated carbocycles. The molecule has 0 aliphatic heterocycles. The third-order valence-electron chi connectivity index (χ3n) is 3.67. The van der Waals surface area contributed by atoms with Crippen LogP contribution in [0.25, 0.3) is 11.3 Å². The number of aromatic nitrogens is 2. The Labute approximate surface area is 135 Å². The van der Waals surface area contributed by atoms with E-state index in [4.69, 9.17) is 4.74 Å². The second kappa shape index (κ2) is 5.30. The lowest BCUT2D eigenvalue weighted by molar-refractivity contribution is 0.287. The topological polar surface area (TPSA) is 50.8 Å². The van der Waals surface area contributed by atoms with Crippen LogP contribution >= 0.6 is 22.6 Å². The van der Waals surface area contributed by atoms with E-state index < -0.39 is 5.82 Å². The standard InChI is InChI=1S/C15H13FIN3O/c1-8-5-13(8)21-12-4-3-10(16)14(9(12)6-18)15-11(17)7-19-20(15)2/h3-4,7-8,13H,5H2,1-2H3/t8-,13-/m0/s1. The normalized spacial score (nSPS) is 20.1. The van der Waals surface area contributed by atoms with Crippen LogP contribution in [0.2, 0.25) is 0 Å². The molecule has 0 N–H and O–H groups in total. The Morgan fingerprint density at radius 1 is 1.52 bits per heavy atom. The second-order valence-corrected chi connectivity index (χ2v) is 6.40. The minimum absolute atomic E-state index is 0.126. The summed E-state index contributed by atoms with van der Waals surface area (Å²) in [5.74, 6) is 0.492. The summed E-state index contributed by atoms with van der Waals surface area (Å²) in [5.41, 5.74) is 1.09. The van der Waals surface area contributed by atoms with Crippen LogP contribution in [-0.4, -0.2) is 15.9 Å². The molecule has 0 amide bonds. The van der Waals surface area contributed by atoms with Gasteiger partial charge in [0.1, 0.15) is 29.3 Å². The molecule has 1 aromatic heterocycles. The molecular weight excluding hydrogens is 384 g/mol. The number of halogens is 2. The monoisotopic (exact) mass is 397 g/mol. The first-order chi connectivity index (χ1) is 10.0. The molecule has 1 aliphatic rings. The first-order valence-electron chi connectivity index (χ1n) is 6.60. The molecule has 1 aromatic carbocycles. The van der Waals surface area contributed by atoms with E-state index in [0.29, 0.717) is 17.4 Å². The molecule has 0 unspecified atom stereocenters. The zero-order valence-corrected chi connectivity index (χ0v) is 13.8. The van der Waals surface area contributed by atoms with Gasteiger partial charge in [0, 0.05) is 7.05 Å². The van der Waals surface area contributed by atoms with Crippen molar-refractivity contribution < 1.29 is 9.13 Å². The van der Waals surface area contributed by atoms with E-state index in [-0.39, 0.29) is 17.2 Å². The fourth-order valence-electron chi connectivity index (χ4n) is 2.31. The Kier molecular flexibility index (Phi) is 3.61. The first kappa shape index (κ1) is 14.3. The van der Waals surface area contributed by atoms with Crippen molar-refractivity contribution in [2.45, 2.75) is 19.4 Å². The van der Waals surface area contributed by atoms with E-state index in [1.807, 2.05) is 0 Å². The maximum absolute atomic E-state index is 14.3. The Bertz CT molecular complexity index is 731. The molecule has 4 nitrogen and oxygen atoms in total. The summed E-state index contributed by atoms with van der Waals surface area (Å²) in [6.07, 6.45) is 2.74. The van der Waals surface area contributed by atoms with Gasteiger partial charge in [-0.15, -0.1) is 0 Å². The summed E-state index contributed by atoms with van der Waals surface area (Å²) in [4.78, 5) is 0. The molecule has 1 fully saturated rings. The van der Waals surface area contributed by atoms with E-state index in [2.05, 4.69) is 40.7 Å². The van der Waals surface area contributed by atoms with Crippen LogP contribution < -0.4 is 4.74 Å². The summed E-state index contributed by atoms with van der Waals surface area (Å²) < 4.78 is 22.5. The van der Waals surface area contributed by atoms with Crippen LogP contribution in [0.15, 0.2) is 18.3 Å². The number of benzene rings is 1. The van der Waals surface area contributed by atoms with E-state index in [9.17, 15) is 9.65 Å². The number of rotatable bonds is 3. The van der Waals surface area contributed by atoms with Gasteiger partial charge < -0.3 is 4.74 Å². The lowest BCUT2D eigenvalue weighted by atomic mass is 10.0. The number of ether oxygens (including phenoxy) is 1. The molecule has 0 saturated heterocycles. The lowest BCUT2D eigenvalue weighted by Gasteiger charge is -2.12. The fourth-order valence-corrected chi connectivity index (χ4v) is 3.05. The van der Waals surface area contributed by atoms with Crippen molar-refractivity contribution in [2.75, 3.05) is 0 Å². The summed E-state index contributed by atoms with van der Waals surface area (Å²) >= 11 is 2.09. The summed E-state index contributed by atoms with van der Waals surface area (Å²) in [5, 5.41) is 13.6. The summed E-state index contributed by atoms with van der Waals surface area (Å²) in [6.45, 7) is 2.09. The van der Waals surface area contributed by atoms with Gasteiger partial charge in [0.05, 0.1) is 21.0 Å². The van der Waals surface area contributed by atoms with Gasteiger partial charge in [-0.2, -0.15) is 10.4 Å². The highest BCUT2D eigenvalue weighted by molar-refractivity contribution is 14.1. The molecule has 0 bridgehead atoms. The van der Waals surface area contributed by atoms with Crippen molar-refractivity contribution in [3.8, 4) is 23.1 Å². The zero-order chi connectivity index (χ0) is 15.1. The van der Waals surface area contributed by atoms with Crippen LogP contribution in [-0.2, 0) is 7.05 Å². The Morgan fingerprint density at radius 3 is 2.76 bits per heavy atom. The SMILES string of the molecule is C[C@H]1C[C@@H]1Oc1ccc(F)c(-c2c(I)cnn2C)c1C#N. The lowest BCUT2D eigenvalue weighted by Crippen LogP contribution is -2.05. The van der Waals surface area contributed by atoms with Crippen molar-refractivity contribution in [1.29, 1.82) is 5.26 Å². The number of aryl methyl sites for hydroxylation is 1. The van der Waals surface area contributed by atoms with Gasteiger partial charge in [0.25, 0.3) is 0 Å². The summed E-state index contributed by atoms with van der Waals surface area (Å²) in [7, 11) is 1.73. The predicted octanol–water partition coefficient (Wildman–Crippen LogP) is 3.49. The van der Waals surface area contributed by atoms with Crippen molar-refractivity contribution in [2.24, 2.45) is 13.0 Å². The van der Waals surface area contributed by atoms with Crippen molar-refractivity contribution >= 4 is 22.6 Å². The summed E-state index contributed by atoms with van der Waals surface area (Å²) in [6, 6.07) is 4.97. The highest BCUT2D eigenvalue weighted by Crippen LogP contribution is 2.39. The average molecular weight is 397 g/mol. The number of hydrogen-bond acceptors (Lipinski definition) is 3. The minimum atomic E-state index is -0.440. The number of nitriles is 1. The maximum Gasteiger partial charge on any atom is 0.138 e. The van der Waals surface area contributed by atoms with Crippen LogP contribution in [0.1, 0.15) is 18.9 Å². The maximum atomic E-state index is 14.3. The Morgan fingerprint density at radius 2 is 2.24 bits per heavy atom. The number of hydrogen-bond donors (Lipinski definition) is 0. The molecule has 21 heavy (non-hydrogen) atoms. The average Bonchev–Trinajstić information content (AvgIpc) is 3.05. The van der Waals surface area contributed by atoms with Gasteiger partial charge in [0.2, 0.25) is 0 Å². The van der Waals surface area contributed by atoms with Gasteiger partial charge in [0.15, 0.2) is 0 Å². The van der Waals surface area contributed by atoms with E-state index in [0.717, 1.165) is 9.99 Å². The molecule has 2 atom stereocenters. The minimum Gasteiger partial charge on any atom is -0.489 e. The molecule has 1 heterocycles. The highest BCUT2D eigenvalue weighted by atomic mass is 127. The predicted molar refractivity (Wildman–Crippen MR) is 84.2 cm³/mol. The van der Waals surface area contributed by atoms with Gasteiger partial charge in [-0.1, -0.05) is 6.92 Å². The first-order valence-corrected chi connectivity index (χ1v) is 7.68. The largest absolute Gasteiger partial charge is 0.489 e. The molecule has 2 aromatic rings. The smallest absolute Gasteiger partial charge is 0.138 e.